The maximum absolute atomic E-state index is 5.74. The number of nitrogens with two attached hydrogens (primary N) is 1. The number of anilines is 1. The zero-order valence-corrected chi connectivity index (χ0v) is 9.19. The Morgan fingerprint density at radius 3 is 2.64 bits per heavy atom. The second-order valence-electron chi connectivity index (χ2n) is 3.59. The van der Waals surface area contributed by atoms with Crippen molar-refractivity contribution in [3.8, 4) is 0 Å². The summed E-state index contributed by atoms with van der Waals surface area (Å²) in [6.45, 7) is 6.79. The summed E-state index contributed by atoms with van der Waals surface area (Å²) in [6.07, 6.45) is 0. The Morgan fingerprint density at radius 1 is 1.50 bits per heavy atom. The molecule has 5 nitrogen and oxygen atoms in total. The van der Waals surface area contributed by atoms with Crippen molar-refractivity contribution < 1.29 is 4.52 Å². The van der Waals surface area contributed by atoms with Crippen molar-refractivity contribution in [2.24, 2.45) is 5.73 Å². The molecule has 2 atom stereocenters. The second-order valence-corrected chi connectivity index (χ2v) is 3.59. The van der Waals surface area contributed by atoms with Crippen molar-refractivity contribution in [2.45, 2.75) is 32.7 Å². The van der Waals surface area contributed by atoms with Gasteiger partial charge in [0.05, 0.1) is 5.92 Å². The van der Waals surface area contributed by atoms with Crippen molar-refractivity contribution in [3.63, 3.8) is 0 Å². The normalized spacial score (nSPS) is 15.2. The van der Waals surface area contributed by atoms with Gasteiger partial charge in [0.15, 0.2) is 0 Å². The fraction of sp³-hybridized carbons (Fsp3) is 0.778. The van der Waals surface area contributed by atoms with E-state index < -0.39 is 0 Å². The molecule has 1 heterocycles. The van der Waals surface area contributed by atoms with Crippen LogP contribution < -0.4 is 10.6 Å². The van der Waals surface area contributed by atoms with Crippen LogP contribution in [0.1, 0.15) is 32.6 Å². The highest BCUT2D eigenvalue weighted by molar-refractivity contribution is 5.25. The zero-order valence-electron chi connectivity index (χ0n) is 9.19. The van der Waals surface area contributed by atoms with E-state index in [0.29, 0.717) is 11.8 Å². The van der Waals surface area contributed by atoms with E-state index in [4.69, 9.17) is 10.3 Å². The smallest absolute Gasteiger partial charge is 0.265 e. The van der Waals surface area contributed by atoms with Gasteiger partial charge in [0, 0.05) is 19.6 Å². The first-order chi connectivity index (χ1) is 6.56. The molecule has 1 rings (SSSR count). The monoisotopic (exact) mass is 198 g/mol. The van der Waals surface area contributed by atoms with Gasteiger partial charge < -0.3 is 15.2 Å². The van der Waals surface area contributed by atoms with E-state index in [1.54, 1.807) is 0 Å². The highest BCUT2D eigenvalue weighted by Gasteiger charge is 2.18. The van der Waals surface area contributed by atoms with E-state index in [-0.39, 0.29) is 12.0 Å². The summed E-state index contributed by atoms with van der Waals surface area (Å²) < 4.78 is 5.13. The van der Waals surface area contributed by atoms with Gasteiger partial charge in [-0.3, -0.25) is 0 Å². The number of nitrogens with zero attached hydrogens (tertiary/aromatic N) is 3. The van der Waals surface area contributed by atoms with Crippen molar-refractivity contribution in [1.82, 2.24) is 10.1 Å². The first kappa shape index (κ1) is 11.0. The van der Waals surface area contributed by atoms with E-state index in [1.807, 2.05) is 32.7 Å². The molecule has 0 saturated heterocycles. The van der Waals surface area contributed by atoms with Crippen LogP contribution in [-0.2, 0) is 0 Å². The lowest BCUT2D eigenvalue weighted by atomic mass is 10.1. The minimum absolute atomic E-state index is 0.0234. The second kappa shape index (κ2) is 4.41. The van der Waals surface area contributed by atoms with Gasteiger partial charge in [-0.05, 0) is 19.0 Å². The third-order valence-corrected chi connectivity index (χ3v) is 2.42. The van der Waals surface area contributed by atoms with Crippen molar-refractivity contribution in [1.29, 1.82) is 0 Å². The quantitative estimate of drug-likeness (QED) is 0.781. The number of aromatic nitrogens is 2. The summed E-state index contributed by atoms with van der Waals surface area (Å²) in [6, 6.07) is 0.0234. The van der Waals surface area contributed by atoms with Crippen LogP contribution in [-0.4, -0.2) is 29.8 Å². The van der Waals surface area contributed by atoms with E-state index in [2.05, 4.69) is 10.1 Å². The first-order valence-corrected chi connectivity index (χ1v) is 4.86. The molecule has 1 aromatic rings. The van der Waals surface area contributed by atoms with Crippen molar-refractivity contribution in [2.75, 3.05) is 18.5 Å². The fourth-order valence-corrected chi connectivity index (χ4v) is 0.933. The summed E-state index contributed by atoms with van der Waals surface area (Å²) in [4.78, 5) is 6.19. The van der Waals surface area contributed by atoms with Gasteiger partial charge in [-0.1, -0.05) is 6.92 Å². The van der Waals surface area contributed by atoms with E-state index in [0.717, 1.165) is 6.54 Å². The molecule has 1 aromatic heterocycles. The lowest BCUT2D eigenvalue weighted by Crippen LogP contribution is -2.23. The van der Waals surface area contributed by atoms with Gasteiger partial charge in [-0.2, -0.15) is 4.98 Å². The van der Waals surface area contributed by atoms with Gasteiger partial charge in [0.2, 0.25) is 5.89 Å². The maximum atomic E-state index is 5.74. The van der Waals surface area contributed by atoms with Gasteiger partial charge in [0.1, 0.15) is 0 Å². The highest BCUT2D eigenvalue weighted by atomic mass is 16.5. The average molecular weight is 198 g/mol. The number of rotatable bonds is 4. The summed E-state index contributed by atoms with van der Waals surface area (Å²) in [5.74, 6) is 1.33. The molecule has 0 bridgehead atoms. The van der Waals surface area contributed by atoms with Crippen LogP contribution in [0.5, 0.6) is 0 Å². The molecule has 0 radical (unpaired) electrons. The molecule has 5 heteroatoms. The van der Waals surface area contributed by atoms with Crippen LogP contribution in [0.2, 0.25) is 0 Å². The van der Waals surface area contributed by atoms with Crippen LogP contribution in [0.25, 0.3) is 0 Å². The lowest BCUT2D eigenvalue weighted by Gasteiger charge is -2.10. The minimum Gasteiger partial charge on any atom is -0.342 e. The molecule has 0 amide bonds. The molecule has 2 unspecified atom stereocenters. The molecular formula is C9H18N4O. The standard InChI is InChI=1S/C9H18N4O/c1-5-13(4)9-11-8(14-12-9)6(2)7(3)10/h6-7H,5,10H2,1-4H3. The molecule has 14 heavy (non-hydrogen) atoms. The van der Waals surface area contributed by atoms with Crippen LogP contribution in [0.4, 0.5) is 5.95 Å². The molecule has 80 valence electrons. The summed E-state index contributed by atoms with van der Waals surface area (Å²) in [5, 5.41) is 3.87. The van der Waals surface area contributed by atoms with E-state index in [1.165, 1.54) is 0 Å². The van der Waals surface area contributed by atoms with Crippen LogP contribution in [0, 0.1) is 0 Å². The predicted octanol–water partition coefficient (Wildman–Crippen LogP) is 0.976. The SMILES string of the molecule is CCN(C)c1noc(C(C)C(C)N)n1. The van der Waals surface area contributed by atoms with Crippen molar-refractivity contribution in [3.05, 3.63) is 5.89 Å². The van der Waals surface area contributed by atoms with E-state index >= 15 is 0 Å². The molecule has 0 fully saturated rings. The molecule has 2 N–H and O–H groups in total. The average Bonchev–Trinajstić information content (AvgIpc) is 2.64. The Kier molecular flexibility index (Phi) is 3.46. The summed E-state index contributed by atoms with van der Waals surface area (Å²) in [7, 11) is 1.92. The number of hydrogen-bond acceptors (Lipinski definition) is 5. The Balaban J connectivity index is 2.77. The molecular weight excluding hydrogens is 180 g/mol. The minimum atomic E-state index is 0.0234. The maximum Gasteiger partial charge on any atom is 0.265 e. The first-order valence-electron chi connectivity index (χ1n) is 4.86. The largest absolute Gasteiger partial charge is 0.342 e. The van der Waals surface area contributed by atoms with Gasteiger partial charge >= 0.3 is 0 Å². The molecule has 0 aromatic carbocycles. The lowest BCUT2D eigenvalue weighted by molar-refractivity contribution is 0.346. The molecule has 0 spiro atoms. The third kappa shape index (κ3) is 2.23. The molecule has 0 aliphatic carbocycles. The van der Waals surface area contributed by atoms with Gasteiger partial charge in [0.25, 0.3) is 5.95 Å². The molecule has 0 aliphatic rings. The van der Waals surface area contributed by atoms with Crippen molar-refractivity contribution >= 4 is 5.95 Å². The molecule has 0 aliphatic heterocycles. The Hall–Kier alpha value is -1.10. The summed E-state index contributed by atoms with van der Waals surface area (Å²) in [5.41, 5.74) is 5.74. The number of hydrogen-bond donors (Lipinski definition) is 1. The zero-order chi connectivity index (χ0) is 10.7. The Bertz CT molecular complexity index is 284. The van der Waals surface area contributed by atoms with Crippen LogP contribution in [0.3, 0.4) is 0 Å². The topological polar surface area (TPSA) is 68.2 Å². The van der Waals surface area contributed by atoms with Crippen LogP contribution >= 0.6 is 0 Å². The van der Waals surface area contributed by atoms with Crippen LogP contribution in [0.15, 0.2) is 4.52 Å². The predicted molar refractivity (Wildman–Crippen MR) is 55.3 cm³/mol. The Labute approximate surface area is 84.3 Å². The van der Waals surface area contributed by atoms with Gasteiger partial charge in [-0.25, -0.2) is 0 Å². The van der Waals surface area contributed by atoms with E-state index in [9.17, 15) is 0 Å². The fourth-order valence-electron chi connectivity index (χ4n) is 0.933. The Morgan fingerprint density at radius 2 is 2.14 bits per heavy atom. The highest BCUT2D eigenvalue weighted by Crippen LogP contribution is 2.18. The van der Waals surface area contributed by atoms with Gasteiger partial charge in [-0.15, -0.1) is 0 Å². The summed E-state index contributed by atoms with van der Waals surface area (Å²) >= 11 is 0. The third-order valence-electron chi connectivity index (χ3n) is 2.42. The molecule has 0 saturated carbocycles.